The van der Waals surface area contributed by atoms with E-state index in [1.165, 1.54) is 18.2 Å². The summed E-state index contributed by atoms with van der Waals surface area (Å²) in [5, 5.41) is 2.50. The van der Waals surface area contributed by atoms with Crippen LogP contribution < -0.4 is 21.4 Å². The van der Waals surface area contributed by atoms with Gasteiger partial charge >= 0.3 is 17.4 Å². The second-order valence-electron chi connectivity index (χ2n) is 4.10. The molecule has 0 saturated carbocycles. The van der Waals surface area contributed by atoms with Gasteiger partial charge in [0.1, 0.15) is 5.82 Å². The molecule has 0 aliphatic rings. The van der Waals surface area contributed by atoms with E-state index >= 15 is 0 Å². The number of amides is 1. The van der Waals surface area contributed by atoms with Crippen LogP contribution >= 0.6 is 15.9 Å². The van der Waals surface area contributed by atoms with Crippen LogP contribution in [0.15, 0.2) is 32.3 Å². The molecule has 0 spiro atoms. The Kier molecular flexibility index (Phi) is 5.04. The van der Waals surface area contributed by atoms with Crippen molar-refractivity contribution in [2.75, 3.05) is 6.61 Å². The van der Waals surface area contributed by atoms with Gasteiger partial charge in [-0.25, -0.2) is 14.0 Å². The Morgan fingerprint density at radius 3 is 2.86 bits per heavy atom. The molecule has 1 heterocycles. The standard InChI is InChI=1S/C12H10BrFN4O4/c13-8-2-1-7(14)3-6(8)4-15-9(19)5-22-12-17-10(20)16-11(21)18-12/h1-3H,4-5H2,(H,15,19)(H2,16,17,18,20,21). The minimum Gasteiger partial charge on any atom is -0.454 e. The first-order valence-electron chi connectivity index (χ1n) is 5.98. The maximum Gasteiger partial charge on any atom is 0.353 e. The zero-order valence-corrected chi connectivity index (χ0v) is 12.6. The number of nitrogens with zero attached hydrogens (tertiary/aromatic N) is 1. The van der Waals surface area contributed by atoms with Crippen molar-refractivity contribution in [2.24, 2.45) is 0 Å². The number of carbonyl (C=O) groups is 1. The summed E-state index contributed by atoms with van der Waals surface area (Å²) in [4.78, 5) is 40.8. The monoisotopic (exact) mass is 372 g/mol. The lowest BCUT2D eigenvalue weighted by Crippen LogP contribution is -2.31. The highest BCUT2D eigenvalue weighted by Crippen LogP contribution is 2.17. The summed E-state index contributed by atoms with van der Waals surface area (Å²) in [5.74, 6) is -0.951. The van der Waals surface area contributed by atoms with Gasteiger partial charge in [0.2, 0.25) is 0 Å². The fraction of sp³-hybridized carbons (Fsp3) is 0.167. The SMILES string of the molecule is O=C(COc1nc(=O)[nH]c(=O)[nH]1)NCc1cc(F)ccc1Br. The van der Waals surface area contributed by atoms with Crippen molar-refractivity contribution in [1.29, 1.82) is 0 Å². The number of ether oxygens (including phenoxy) is 1. The van der Waals surface area contributed by atoms with Gasteiger partial charge < -0.3 is 10.1 Å². The lowest BCUT2D eigenvalue weighted by molar-refractivity contribution is -0.123. The summed E-state index contributed by atoms with van der Waals surface area (Å²) in [6, 6.07) is 3.72. The number of H-pyrrole nitrogens is 2. The van der Waals surface area contributed by atoms with Crippen LogP contribution in [0.1, 0.15) is 5.56 Å². The molecule has 2 aromatic rings. The Morgan fingerprint density at radius 1 is 1.36 bits per heavy atom. The normalized spacial score (nSPS) is 10.3. The number of benzene rings is 1. The summed E-state index contributed by atoms with van der Waals surface area (Å²) in [6.07, 6.45) is 0. The molecule has 1 aromatic heterocycles. The maximum atomic E-state index is 13.1. The number of hydrogen-bond donors (Lipinski definition) is 3. The predicted octanol–water partition coefficient (Wildman–Crippen LogP) is 0.0550. The van der Waals surface area contributed by atoms with Crippen LogP contribution in [-0.4, -0.2) is 27.5 Å². The van der Waals surface area contributed by atoms with E-state index in [0.717, 1.165) is 0 Å². The van der Waals surface area contributed by atoms with Gasteiger partial charge in [-0.3, -0.25) is 14.8 Å². The quantitative estimate of drug-likeness (QED) is 0.685. The van der Waals surface area contributed by atoms with Gasteiger partial charge in [0.15, 0.2) is 6.61 Å². The number of nitrogens with one attached hydrogen (secondary N) is 3. The van der Waals surface area contributed by atoms with Crippen LogP contribution in [0.3, 0.4) is 0 Å². The van der Waals surface area contributed by atoms with Crippen LogP contribution in [-0.2, 0) is 11.3 Å². The van der Waals surface area contributed by atoms with Gasteiger partial charge in [-0.05, 0) is 23.8 Å². The third-order valence-corrected chi connectivity index (χ3v) is 3.24. The van der Waals surface area contributed by atoms with Crippen molar-refractivity contribution in [3.8, 4) is 6.01 Å². The van der Waals surface area contributed by atoms with Gasteiger partial charge in [0.25, 0.3) is 5.91 Å². The lowest BCUT2D eigenvalue weighted by atomic mass is 10.2. The van der Waals surface area contributed by atoms with Gasteiger partial charge in [-0.2, -0.15) is 0 Å². The van der Waals surface area contributed by atoms with Gasteiger partial charge in [-0.15, -0.1) is 4.98 Å². The second-order valence-corrected chi connectivity index (χ2v) is 4.96. The summed E-state index contributed by atoms with van der Waals surface area (Å²) in [7, 11) is 0. The molecule has 2 rings (SSSR count). The van der Waals surface area contributed by atoms with Crippen LogP contribution in [0.4, 0.5) is 4.39 Å². The van der Waals surface area contributed by atoms with E-state index in [4.69, 9.17) is 4.74 Å². The van der Waals surface area contributed by atoms with Crippen LogP contribution in [0.5, 0.6) is 6.01 Å². The first-order chi connectivity index (χ1) is 10.4. The van der Waals surface area contributed by atoms with Gasteiger partial charge in [0, 0.05) is 11.0 Å². The van der Waals surface area contributed by atoms with Crippen LogP contribution in [0, 0.1) is 5.82 Å². The fourth-order valence-corrected chi connectivity index (χ4v) is 1.89. The Labute approximate surface area is 130 Å². The van der Waals surface area contributed by atoms with Crippen LogP contribution in [0.2, 0.25) is 0 Å². The molecule has 22 heavy (non-hydrogen) atoms. The molecule has 0 unspecified atom stereocenters. The smallest absolute Gasteiger partial charge is 0.353 e. The summed E-state index contributed by atoms with van der Waals surface area (Å²) in [6.45, 7) is -0.376. The molecule has 0 aliphatic carbocycles. The van der Waals surface area contributed by atoms with Gasteiger partial charge in [0.05, 0.1) is 0 Å². The average molecular weight is 373 g/mol. The highest BCUT2D eigenvalue weighted by atomic mass is 79.9. The van der Waals surface area contributed by atoms with Crippen molar-refractivity contribution >= 4 is 21.8 Å². The molecule has 0 fully saturated rings. The first kappa shape index (κ1) is 15.9. The van der Waals surface area contributed by atoms with Crippen molar-refractivity contribution in [3.63, 3.8) is 0 Å². The third kappa shape index (κ3) is 4.52. The van der Waals surface area contributed by atoms with E-state index in [2.05, 4.69) is 31.2 Å². The molecule has 8 nitrogen and oxygen atoms in total. The minimum atomic E-state index is -0.886. The molecule has 10 heteroatoms. The molecule has 0 radical (unpaired) electrons. The van der Waals surface area contributed by atoms with Gasteiger partial charge in [-0.1, -0.05) is 15.9 Å². The molecule has 1 aromatic carbocycles. The van der Waals surface area contributed by atoms with Crippen molar-refractivity contribution in [3.05, 3.63) is 55.0 Å². The van der Waals surface area contributed by atoms with Crippen LogP contribution in [0.25, 0.3) is 0 Å². The fourth-order valence-electron chi connectivity index (χ4n) is 1.50. The van der Waals surface area contributed by atoms with E-state index in [1.807, 2.05) is 4.98 Å². The van der Waals surface area contributed by atoms with Crippen molar-refractivity contribution in [2.45, 2.75) is 6.54 Å². The average Bonchev–Trinajstić information content (AvgIpc) is 2.45. The molecule has 1 amide bonds. The zero-order chi connectivity index (χ0) is 16.1. The van der Waals surface area contributed by atoms with E-state index in [-0.39, 0.29) is 12.6 Å². The Morgan fingerprint density at radius 2 is 2.14 bits per heavy atom. The molecule has 0 bridgehead atoms. The molecule has 3 N–H and O–H groups in total. The number of carbonyl (C=O) groups excluding carboxylic acids is 1. The number of halogens is 2. The molecular formula is C12H10BrFN4O4. The third-order valence-electron chi connectivity index (χ3n) is 2.47. The lowest BCUT2D eigenvalue weighted by Gasteiger charge is -2.08. The van der Waals surface area contributed by atoms with E-state index < -0.39 is 29.7 Å². The summed E-state index contributed by atoms with van der Waals surface area (Å²) in [5.41, 5.74) is -1.13. The largest absolute Gasteiger partial charge is 0.454 e. The Balaban J connectivity index is 1.89. The minimum absolute atomic E-state index is 0.0832. The van der Waals surface area contributed by atoms with E-state index in [9.17, 15) is 18.8 Å². The molecule has 0 aliphatic heterocycles. The number of hydrogen-bond acceptors (Lipinski definition) is 5. The number of aromatic amines is 2. The molecule has 0 atom stereocenters. The predicted molar refractivity (Wildman–Crippen MR) is 76.9 cm³/mol. The number of aromatic nitrogens is 3. The highest BCUT2D eigenvalue weighted by Gasteiger charge is 2.07. The highest BCUT2D eigenvalue weighted by molar-refractivity contribution is 9.10. The topological polar surface area (TPSA) is 117 Å². The second kappa shape index (κ2) is 6.98. The summed E-state index contributed by atoms with van der Waals surface area (Å²) >= 11 is 3.24. The van der Waals surface area contributed by atoms with Crippen molar-refractivity contribution < 1.29 is 13.9 Å². The maximum absolute atomic E-state index is 13.1. The van der Waals surface area contributed by atoms with E-state index in [0.29, 0.717) is 10.0 Å². The summed E-state index contributed by atoms with van der Waals surface area (Å²) < 4.78 is 18.6. The molecule has 0 saturated heterocycles. The first-order valence-corrected chi connectivity index (χ1v) is 6.77. The van der Waals surface area contributed by atoms with E-state index in [1.54, 1.807) is 0 Å². The molecule has 116 valence electrons. The molecular weight excluding hydrogens is 363 g/mol. The zero-order valence-electron chi connectivity index (χ0n) is 11.0. The Bertz CT molecular complexity index is 776. The Hall–Kier alpha value is -2.49. The number of rotatable bonds is 5. The van der Waals surface area contributed by atoms with Crippen molar-refractivity contribution in [1.82, 2.24) is 20.3 Å².